The second kappa shape index (κ2) is 8.63. The molecule has 0 spiro atoms. The summed E-state index contributed by atoms with van der Waals surface area (Å²) in [6, 6.07) is 14.4. The highest BCUT2D eigenvalue weighted by atomic mass is 16.1. The minimum atomic E-state index is -0.512. The lowest BCUT2D eigenvalue weighted by Gasteiger charge is -2.11. The van der Waals surface area contributed by atoms with E-state index in [2.05, 4.69) is 10.6 Å². The van der Waals surface area contributed by atoms with Crippen molar-refractivity contribution in [3.63, 3.8) is 0 Å². The van der Waals surface area contributed by atoms with Crippen LogP contribution in [-0.4, -0.2) is 11.7 Å². The third-order valence-corrected chi connectivity index (χ3v) is 4.02. The highest BCUT2D eigenvalue weighted by molar-refractivity contribution is 6.07. The number of carbonyl (C=O) groups excluding carboxylic acids is 2. The maximum absolute atomic E-state index is 12.3. The van der Waals surface area contributed by atoms with Crippen LogP contribution in [-0.2, 0) is 11.2 Å². The Hall–Kier alpha value is -3.39. The van der Waals surface area contributed by atoms with Gasteiger partial charge < -0.3 is 10.6 Å². The Kier molecular flexibility index (Phi) is 6.29. The molecular formula is C21H21N3O2. The molecular weight excluding hydrogens is 326 g/mol. The molecule has 2 aromatic rings. The lowest BCUT2D eigenvalue weighted by atomic mass is 10.1. The van der Waals surface area contributed by atoms with Crippen molar-refractivity contribution in [1.29, 1.82) is 5.26 Å². The Bertz CT molecular complexity index is 890. The van der Waals surface area contributed by atoms with E-state index < -0.39 is 5.91 Å². The van der Waals surface area contributed by atoms with Gasteiger partial charge in [0.25, 0.3) is 5.91 Å². The second-order valence-electron chi connectivity index (χ2n) is 5.86. The Morgan fingerprint density at radius 1 is 1.15 bits per heavy atom. The first-order valence-corrected chi connectivity index (χ1v) is 8.34. The van der Waals surface area contributed by atoms with Crippen LogP contribution in [0.5, 0.6) is 0 Å². The van der Waals surface area contributed by atoms with Crippen molar-refractivity contribution in [2.45, 2.75) is 27.2 Å². The molecule has 0 aliphatic rings. The van der Waals surface area contributed by atoms with Crippen LogP contribution in [0, 0.1) is 18.3 Å². The molecule has 0 aromatic heterocycles. The van der Waals surface area contributed by atoms with Gasteiger partial charge >= 0.3 is 0 Å². The molecule has 0 heterocycles. The monoisotopic (exact) mass is 347 g/mol. The number of ketones is 1. The zero-order chi connectivity index (χ0) is 19.1. The van der Waals surface area contributed by atoms with E-state index in [1.54, 1.807) is 24.3 Å². The summed E-state index contributed by atoms with van der Waals surface area (Å²) < 4.78 is 0. The van der Waals surface area contributed by atoms with Crippen LogP contribution < -0.4 is 10.6 Å². The number of amides is 1. The first-order chi connectivity index (χ1) is 12.5. The summed E-state index contributed by atoms with van der Waals surface area (Å²) in [5.74, 6) is -0.558. The average Bonchev–Trinajstić information content (AvgIpc) is 2.63. The van der Waals surface area contributed by atoms with Crippen molar-refractivity contribution in [2.75, 3.05) is 10.6 Å². The molecule has 132 valence electrons. The van der Waals surface area contributed by atoms with Crippen molar-refractivity contribution < 1.29 is 9.59 Å². The third-order valence-electron chi connectivity index (χ3n) is 4.02. The number of benzene rings is 2. The molecule has 5 nitrogen and oxygen atoms in total. The van der Waals surface area contributed by atoms with Gasteiger partial charge in [0.2, 0.25) is 0 Å². The fourth-order valence-electron chi connectivity index (χ4n) is 2.51. The second-order valence-corrected chi connectivity index (χ2v) is 5.86. The lowest BCUT2D eigenvalue weighted by Crippen LogP contribution is -2.15. The minimum absolute atomic E-state index is 0.0362. The number of hydrogen-bond acceptors (Lipinski definition) is 4. The summed E-state index contributed by atoms with van der Waals surface area (Å²) in [7, 11) is 0. The number of carbonyl (C=O) groups is 2. The van der Waals surface area contributed by atoms with Gasteiger partial charge in [0.1, 0.15) is 11.6 Å². The van der Waals surface area contributed by atoms with Crippen LogP contribution in [0.1, 0.15) is 35.3 Å². The molecule has 26 heavy (non-hydrogen) atoms. The fourth-order valence-corrected chi connectivity index (χ4v) is 2.51. The normalized spacial score (nSPS) is 10.8. The van der Waals surface area contributed by atoms with Gasteiger partial charge in [0.05, 0.1) is 0 Å². The molecule has 0 unspecified atom stereocenters. The van der Waals surface area contributed by atoms with Gasteiger partial charge in [-0.25, -0.2) is 0 Å². The van der Waals surface area contributed by atoms with E-state index in [9.17, 15) is 14.9 Å². The summed E-state index contributed by atoms with van der Waals surface area (Å²) in [5, 5.41) is 15.0. The first-order valence-electron chi connectivity index (χ1n) is 8.34. The smallest absolute Gasteiger partial charge is 0.267 e. The van der Waals surface area contributed by atoms with Crippen LogP contribution in [0.2, 0.25) is 0 Å². The molecule has 0 radical (unpaired) electrons. The molecule has 0 fully saturated rings. The highest BCUT2D eigenvalue weighted by Crippen LogP contribution is 2.21. The number of hydrogen-bond donors (Lipinski definition) is 2. The number of rotatable bonds is 6. The van der Waals surface area contributed by atoms with Gasteiger partial charge in [0.15, 0.2) is 5.78 Å². The summed E-state index contributed by atoms with van der Waals surface area (Å²) in [6.45, 7) is 5.50. The molecule has 0 saturated carbocycles. The Balaban J connectivity index is 2.15. The molecule has 0 aliphatic carbocycles. The maximum Gasteiger partial charge on any atom is 0.267 e. The molecule has 0 atom stereocenters. The largest absolute Gasteiger partial charge is 0.360 e. The molecule has 2 N–H and O–H groups in total. The van der Waals surface area contributed by atoms with Gasteiger partial charge in [-0.2, -0.15) is 5.26 Å². The van der Waals surface area contributed by atoms with E-state index in [-0.39, 0.29) is 11.4 Å². The number of nitriles is 1. The van der Waals surface area contributed by atoms with Crippen LogP contribution in [0.25, 0.3) is 0 Å². The van der Waals surface area contributed by atoms with E-state index in [0.29, 0.717) is 11.3 Å². The summed E-state index contributed by atoms with van der Waals surface area (Å²) >= 11 is 0. The Labute approximate surface area is 153 Å². The quantitative estimate of drug-likeness (QED) is 0.466. The van der Waals surface area contributed by atoms with Crippen molar-refractivity contribution >= 4 is 23.1 Å². The van der Waals surface area contributed by atoms with Crippen LogP contribution in [0.4, 0.5) is 11.4 Å². The molecule has 1 amide bonds. The highest BCUT2D eigenvalue weighted by Gasteiger charge is 2.11. The van der Waals surface area contributed by atoms with Gasteiger partial charge in [0, 0.05) is 23.1 Å². The number of para-hydroxylation sites is 1. The molecule has 2 rings (SSSR count). The Morgan fingerprint density at radius 2 is 1.85 bits per heavy atom. The molecule has 0 bridgehead atoms. The van der Waals surface area contributed by atoms with Gasteiger partial charge in [-0.3, -0.25) is 9.59 Å². The lowest BCUT2D eigenvalue weighted by molar-refractivity contribution is -0.112. The zero-order valence-corrected chi connectivity index (χ0v) is 15.1. The molecule has 5 heteroatoms. The number of nitrogens with zero attached hydrogens (tertiary/aromatic N) is 1. The van der Waals surface area contributed by atoms with Gasteiger partial charge in [-0.1, -0.05) is 25.1 Å². The topological polar surface area (TPSA) is 82.0 Å². The van der Waals surface area contributed by atoms with Crippen molar-refractivity contribution in [3.05, 3.63) is 70.9 Å². The number of anilines is 2. The number of nitrogens with one attached hydrogen (secondary N) is 2. The first kappa shape index (κ1) is 18.9. The number of aryl methyl sites for hydroxylation is 2. The van der Waals surface area contributed by atoms with Crippen molar-refractivity contribution in [1.82, 2.24) is 0 Å². The van der Waals surface area contributed by atoms with Crippen molar-refractivity contribution in [3.8, 4) is 6.07 Å². The summed E-state index contributed by atoms with van der Waals surface area (Å²) in [5.41, 5.74) is 4.10. The summed E-state index contributed by atoms with van der Waals surface area (Å²) in [4.78, 5) is 23.6. The van der Waals surface area contributed by atoms with E-state index in [1.165, 1.54) is 13.1 Å². The maximum atomic E-state index is 12.3. The summed E-state index contributed by atoms with van der Waals surface area (Å²) in [6.07, 6.45) is 2.26. The van der Waals surface area contributed by atoms with E-state index in [1.807, 2.05) is 38.1 Å². The predicted octanol–water partition coefficient (Wildman–Crippen LogP) is 4.22. The standard InChI is InChI=1S/C21H21N3O2/c1-4-16-7-5-6-14(2)20(16)23-13-18(12-22)21(26)24-19-10-8-17(9-11-19)15(3)25/h5-11,13,23H,4H2,1-3H3,(H,24,26)/b18-13-. The third kappa shape index (κ3) is 4.58. The van der Waals surface area contributed by atoms with Crippen LogP contribution in [0.15, 0.2) is 54.2 Å². The van der Waals surface area contributed by atoms with E-state index in [4.69, 9.17) is 0 Å². The van der Waals surface area contributed by atoms with E-state index in [0.717, 1.165) is 23.2 Å². The average molecular weight is 347 g/mol. The number of Topliss-reactive ketones (excluding diaryl/α,β-unsaturated/α-hetero) is 1. The van der Waals surface area contributed by atoms with E-state index >= 15 is 0 Å². The zero-order valence-electron chi connectivity index (χ0n) is 15.1. The van der Waals surface area contributed by atoms with Crippen LogP contribution in [0.3, 0.4) is 0 Å². The predicted molar refractivity (Wildman–Crippen MR) is 103 cm³/mol. The van der Waals surface area contributed by atoms with Gasteiger partial charge in [-0.05, 0) is 55.7 Å². The molecule has 0 saturated heterocycles. The molecule has 2 aromatic carbocycles. The minimum Gasteiger partial charge on any atom is -0.360 e. The van der Waals surface area contributed by atoms with Crippen molar-refractivity contribution in [2.24, 2.45) is 0 Å². The SMILES string of the molecule is CCc1cccc(C)c1N/C=C(/C#N)C(=O)Nc1ccc(C(C)=O)cc1. The fraction of sp³-hybridized carbons (Fsp3) is 0.190. The molecule has 0 aliphatic heterocycles. The Morgan fingerprint density at radius 3 is 2.42 bits per heavy atom. The van der Waals surface area contributed by atoms with Crippen LogP contribution >= 0.6 is 0 Å². The van der Waals surface area contributed by atoms with Gasteiger partial charge in [-0.15, -0.1) is 0 Å².